The van der Waals surface area contributed by atoms with E-state index < -0.39 is 0 Å². The second-order valence-corrected chi connectivity index (χ2v) is 7.69. The molecule has 2 heterocycles. The Labute approximate surface area is 131 Å². The van der Waals surface area contributed by atoms with Crippen molar-refractivity contribution < 1.29 is 4.39 Å². The maximum atomic E-state index is 13.9. The number of imidazole rings is 1. The number of thioether (sulfide) groups is 2. The third-order valence-electron chi connectivity index (χ3n) is 3.40. The van der Waals surface area contributed by atoms with Crippen molar-refractivity contribution in [3.05, 3.63) is 29.8 Å². The molecule has 3 rings (SSSR count). The molecule has 1 saturated heterocycles. The average molecular weight is 331 g/mol. The fourth-order valence-electron chi connectivity index (χ4n) is 2.49. The Hall–Kier alpha value is -0.390. The summed E-state index contributed by atoms with van der Waals surface area (Å²) in [6.07, 6.45) is 0.681. The fraction of sp³-hybridized carbons (Fsp3) is 0.500. The van der Waals surface area contributed by atoms with Crippen LogP contribution in [0.2, 0.25) is 0 Å². The number of aromatic nitrogens is 2. The van der Waals surface area contributed by atoms with Crippen LogP contribution in [0, 0.1) is 5.82 Å². The lowest BCUT2D eigenvalue weighted by atomic mass is 10.3. The first-order valence-electron chi connectivity index (χ1n) is 6.68. The maximum Gasteiger partial charge on any atom is 0.151 e. The van der Waals surface area contributed by atoms with Gasteiger partial charge in [-0.15, -0.1) is 11.6 Å². The number of alkyl halides is 1. The van der Waals surface area contributed by atoms with Crippen LogP contribution in [-0.4, -0.2) is 37.9 Å². The van der Waals surface area contributed by atoms with Crippen LogP contribution in [0.4, 0.5) is 4.39 Å². The van der Waals surface area contributed by atoms with Gasteiger partial charge in [0.05, 0.1) is 5.52 Å². The molecule has 0 saturated carbocycles. The largest absolute Gasteiger partial charge is 0.327 e. The Morgan fingerprint density at radius 3 is 3.05 bits per heavy atom. The highest BCUT2D eigenvalue weighted by Crippen LogP contribution is 2.28. The molecule has 1 fully saturated rings. The highest BCUT2D eigenvalue weighted by Gasteiger charge is 2.19. The Balaban J connectivity index is 1.97. The molecular formula is C14H16ClFN2S2. The number of aryl methyl sites for hydroxylation is 1. The highest BCUT2D eigenvalue weighted by atomic mass is 35.5. The molecule has 0 bridgehead atoms. The topological polar surface area (TPSA) is 17.8 Å². The minimum Gasteiger partial charge on any atom is -0.327 e. The van der Waals surface area contributed by atoms with Crippen LogP contribution in [0.5, 0.6) is 0 Å². The summed E-state index contributed by atoms with van der Waals surface area (Å²) in [5, 5.41) is 0.573. The van der Waals surface area contributed by atoms with Gasteiger partial charge >= 0.3 is 0 Å². The van der Waals surface area contributed by atoms with Crippen molar-refractivity contribution in [2.24, 2.45) is 0 Å². The lowest BCUT2D eigenvalue weighted by Gasteiger charge is -2.22. The van der Waals surface area contributed by atoms with Crippen LogP contribution < -0.4 is 0 Å². The van der Waals surface area contributed by atoms with E-state index in [-0.39, 0.29) is 5.82 Å². The van der Waals surface area contributed by atoms with Gasteiger partial charge in [-0.05, 0) is 12.1 Å². The van der Waals surface area contributed by atoms with Crippen molar-refractivity contribution in [2.45, 2.75) is 18.2 Å². The average Bonchev–Trinajstić information content (AvgIpc) is 2.81. The Morgan fingerprint density at radius 2 is 2.30 bits per heavy atom. The monoisotopic (exact) mass is 330 g/mol. The smallest absolute Gasteiger partial charge is 0.151 e. The Bertz CT molecular complexity index is 596. The first-order valence-corrected chi connectivity index (χ1v) is 9.42. The summed E-state index contributed by atoms with van der Waals surface area (Å²) in [6.45, 7) is 0.893. The molecule has 0 amide bonds. The van der Waals surface area contributed by atoms with Gasteiger partial charge in [-0.2, -0.15) is 23.5 Å². The fourth-order valence-corrected chi connectivity index (χ4v) is 5.31. The van der Waals surface area contributed by atoms with Crippen molar-refractivity contribution in [1.29, 1.82) is 0 Å². The Morgan fingerprint density at radius 1 is 1.40 bits per heavy atom. The predicted molar refractivity (Wildman–Crippen MR) is 87.7 cm³/mol. The molecule has 0 spiro atoms. The third-order valence-corrected chi connectivity index (χ3v) is 6.41. The van der Waals surface area contributed by atoms with Gasteiger partial charge in [-0.3, -0.25) is 0 Å². The van der Waals surface area contributed by atoms with Gasteiger partial charge in [0.2, 0.25) is 0 Å². The summed E-state index contributed by atoms with van der Waals surface area (Å²) in [7, 11) is 0. The molecule has 108 valence electrons. The molecule has 20 heavy (non-hydrogen) atoms. The molecule has 0 radical (unpaired) electrons. The molecule has 1 aromatic heterocycles. The van der Waals surface area contributed by atoms with Gasteiger partial charge in [-0.1, -0.05) is 6.07 Å². The standard InChI is InChI=1S/C14H16ClFN2S2/c15-5-4-13-17-14-11(16)2-1-3-12(14)18(13)8-10-9-19-6-7-20-10/h1-3,10H,4-9H2. The number of para-hydroxylation sites is 1. The molecule has 1 aliphatic heterocycles. The van der Waals surface area contributed by atoms with Crippen LogP contribution >= 0.6 is 35.1 Å². The van der Waals surface area contributed by atoms with E-state index in [0.29, 0.717) is 23.1 Å². The van der Waals surface area contributed by atoms with E-state index in [9.17, 15) is 4.39 Å². The molecule has 1 unspecified atom stereocenters. The van der Waals surface area contributed by atoms with E-state index in [2.05, 4.69) is 9.55 Å². The van der Waals surface area contributed by atoms with Gasteiger partial charge in [0, 0.05) is 41.4 Å². The van der Waals surface area contributed by atoms with E-state index in [1.807, 2.05) is 29.6 Å². The van der Waals surface area contributed by atoms with Crippen molar-refractivity contribution in [3.8, 4) is 0 Å². The van der Waals surface area contributed by atoms with Crippen molar-refractivity contribution in [1.82, 2.24) is 9.55 Å². The van der Waals surface area contributed by atoms with E-state index in [0.717, 1.165) is 23.6 Å². The minimum atomic E-state index is -0.247. The maximum absolute atomic E-state index is 13.9. The van der Waals surface area contributed by atoms with Gasteiger partial charge in [0.1, 0.15) is 11.3 Å². The number of halogens is 2. The quantitative estimate of drug-likeness (QED) is 0.794. The van der Waals surface area contributed by atoms with Crippen LogP contribution in [0.25, 0.3) is 11.0 Å². The van der Waals surface area contributed by atoms with E-state index in [1.54, 1.807) is 6.07 Å². The number of nitrogens with zero attached hydrogens (tertiary/aromatic N) is 2. The lowest BCUT2D eigenvalue weighted by Crippen LogP contribution is -2.21. The number of hydrogen-bond acceptors (Lipinski definition) is 3. The molecule has 1 aromatic carbocycles. The van der Waals surface area contributed by atoms with Gasteiger partial charge in [0.25, 0.3) is 0 Å². The second kappa shape index (κ2) is 6.58. The van der Waals surface area contributed by atoms with Gasteiger partial charge in [0.15, 0.2) is 5.82 Å². The summed E-state index contributed by atoms with van der Waals surface area (Å²) in [5.74, 6) is 4.74. The third kappa shape index (κ3) is 2.95. The molecule has 1 atom stereocenters. The van der Waals surface area contributed by atoms with E-state index in [4.69, 9.17) is 11.6 Å². The van der Waals surface area contributed by atoms with E-state index >= 15 is 0 Å². The van der Waals surface area contributed by atoms with Gasteiger partial charge in [-0.25, -0.2) is 9.37 Å². The summed E-state index contributed by atoms with van der Waals surface area (Å²) in [6, 6.07) is 5.17. The molecular weight excluding hydrogens is 315 g/mol. The SMILES string of the molecule is Fc1cccc2c1nc(CCCl)n2CC1CSCCS1. The summed E-state index contributed by atoms with van der Waals surface area (Å²) in [4.78, 5) is 4.45. The summed E-state index contributed by atoms with van der Waals surface area (Å²) >= 11 is 9.86. The number of hydrogen-bond donors (Lipinski definition) is 0. The van der Waals surface area contributed by atoms with E-state index in [1.165, 1.54) is 17.6 Å². The normalized spacial score (nSPS) is 19.6. The zero-order valence-electron chi connectivity index (χ0n) is 11.0. The minimum absolute atomic E-state index is 0.247. The van der Waals surface area contributed by atoms with Crippen LogP contribution in [0.15, 0.2) is 18.2 Å². The predicted octanol–water partition coefficient (Wildman–Crippen LogP) is 3.81. The molecule has 2 aromatic rings. The Kier molecular flexibility index (Phi) is 4.79. The van der Waals surface area contributed by atoms with Crippen molar-refractivity contribution in [3.63, 3.8) is 0 Å². The first kappa shape index (κ1) is 14.5. The first-order chi connectivity index (χ1) is 9.79. The molecule has 0 aliphatic carbocycles. The van der Waals surface area contributed by atoms with Crippen LogP contribution in [-0.2, 0) is 13.0 Å². The summed E-state index contributed by atoms with van der Waals surface area (Å²) < 4.78 is 16.0. The van der Waals surface area contributed by atoms with Crippen LogP contribution in [0.1, 0.15) is 5.82 Å². The zero-order valence-corrected chi connectivity index (χ0v) is 13.4. The number of fused-ring (bicyclic) bond motifs is 1. The highest BCUT2D eigenvalue weighted by molar-refractivity contribution is 8.06. The number of rotatable bonds is 4. The second-order valence-electron chi connectivity index (χ2n) is 4.75. The van der Waals surface area contributed by atoms with Gasteiger partial charge < -0.3 is 4.57 Å². The molecule has 2 nitrogen and oxygen atoms in total. The molecule has 1 aliphatic rings. The van der Waals surface area contributed by atoms with Crippen LogP contribution in [0.3, 0.4) is 0 Å². The lowest BCUT2D eigenvalue weighted by molar-refractivity contribution is 0.637. The van der Waals surface area contributed by atoms with Crippen molar-refractivity contribution in [2.75, 3.05) is 23.1 Å². The zero-order chi connectivity index (χ0) is 13.9. The molecule has 6 heteroatoms. The summed E-state index contributed by atoms with van der Waals surface area (Å²) in [5.41, 5.74) is 1.36. The molecule has 0 N–H and O–H groups in total. The van der Waals surface area contributed by atoms with Crippen molar-refractivity contribution >= 4 is 46.2 Å². The number of benzene rings is 1.